The molecule has 0 spiro atoms. The summed E-state index contributed by atoms with van der Waals surface area (Å²) in [5.74, 6) is 0. The molecular weight excluding hydrogens is 258 g/mol. The molecule has 1 aliphatic rings. The highest BCUT2D eigenvalue weighted by molar-refractivity contribution is 5.14. The maximum atomic E-state index is 4.58. The van der Waals surface area contributed by atoms with Crippen LogP contribution < -0.4 is 5.32 Å². The first-order valence-electron chi connectivity index (χ1n) is 8.66. The summed E-state index contributed by atoms with van der Waals surface area (Å²) >= 11 is 0. The van der Waals surface area contributed by atoms with E-state index in [1.54, 1.807) is 5.57 Å². The number of aryl methyl sites for hydroxylation is 2. The van der Waals surface area contributed by atoms with Crippen LogP contribution in [0.4, 0.5) is 0 Å². The summed E-state index contributed by atoms with van der Waals surface area (Å²) in [6.07, 6.45) is 12.3. The molecule has 1 aromatic rings. The van der Waals surface area contributed by atoms with E-state index < -0.39 is 0 Å². The average Bonchev–Trinajstić information content (AvgIpc) is 2.86. The Morgan fingerprint density at radius 2 is 2.14 bits per heavy atom. The molecule has 1 heterocycles. The monoisotopic (exact) mass is 289 g/mol. The fourth-order valence-corrected chi connectivity index (χ4v) is 3.16. The zero-order valence-corrected chi connectivity index (χ0v) is 14.0. The molecule has 1 aliphatic carbocycles. The van der Waals surface area contributed by atoms with E-state index in [0.29, 0.717) is 6.04 Å². The van der Waals surface area contributed by atoms with Crippen LogP contribution in [0, 0.1) is 0 Å². The van der Waals surface area contributed by atoms with Gasteiger partial charge in [-0.15, -0.1) is 0 Å². The maximum Gasteiger partial charge on any atom is 0.0624 e. The Hall–Kier alpha value is -1.09. The lowest BCUT2D eigenvalue weighted by Gasteiger charge is -2.22. The van der Waals surface area contributed by atoms with E-state index in [1.807, 2.05) is 0 Å². The van der Waals surface area contributed by atoms with Crippen molar-refractivity contribution in [1.82, 2.24) is 15.1 Å². The molecule has 1 aromatic heterocycles. The predicted molar refractivity (Wildman–Crippen MR) is 89.5 cm³/mol. The maximum absolute atomic E-state index is 4.58. The molecule has 0 saturated carbocycles. The lowest BCUT2D eigenvalue weighted by molar-refractivity contribution is 0.478. The number of nitrogens with one attached hydrogen (secondary N) is 1. The molecule has 0 saturated heterocycles. The van der Waals surface area contributed by atoms with Crippen LogP contribution >= 0.6 is 0 Å². The minimum Gasteiger partial charge on any atom is -0.313 e. The normalized spacial score (nSPS) is 16.8. The van der Waals surface area contributed by atoms with Crippen LogP contribution in [-0.2, 0) is 19.9 Å². The van der Waals surface area contributed by atoms with E-state index in [-0.39, 0.29) is 0 Å². The Kier molecular flexibility index (Phi) is 6.50. The van der Waals surface area contributed by atoms with Crippen LogP contribution in [0.15, 0.2) is 17.7 Å². The quantitative estimate of drug-likeness (QED) is 0.738. The van der Waals surface area contributed by atoms with Crippen molar-refractivity contribution >= 4 is 0 Å². The third-order valence-electron chi connectivity index (χ3n) is 4.42. The van der Waals surface area contributed by atoms with Crippen molar-refractivity contribution in [3.05, 3.63) is 29.1 Å². The van der Waals surface area contributed by atoms with Crippen molar-refractivity contribution in [2.45, 2.75) is 71.3 Å². The van der Waals surface area contributed by atoms with Crippen LogP contribution in [0.2, 0.25) is 0 Å². The van der Waals surface area contributed by atoms with Gasteiger partial charge in [0.15, 0.2) is 0 Å². The smallest absolute Gasteiger partial charge is 0.0624 e. The van der Waals surface area contributed by atoms with E-state index >= 15 is 0 Å². The molecule has 1 N–H and O–H groups in total. The van der Waals surface area contributed by atoms with E-state index in [2.05, 4.69) is 48.1 Å². The first-order valence-corrected chi connectivity index (χ1v) is 8.66. The van der Waals surface area contributed by atoms with Crippen LogP contribution in [0.5, 0.6) is 0 Å². The van der Waals surface area contributed by atoms with Gasteiger partial charge >= 0.3 is 0 Å². The molecule has 118 valence electrons. The molecule has 1 atom stereocenters. The number of hydrogen-bond donors (Lipinski definition) is 1. The second-order valence-corrected chi connectivity index (χ2v) is 6.27. The van der Waals surface area contributed by atoms with Crippen molar-refractivity contribution in [1.29, 1.82) is 0 Å². The van der Waals surface area contributed by atoms with Gasteiger partial charge in [0, 0.05) is 25.2 Å². The summed E-state index contributed by atoms with van der Waals surface area (Å²) in [5.41, 5.74) is 4.23. The van der Waals surface area contributed by atoms with Gasteiger partial charge in [-0.3, -0.25) is 4.68 Å². The number of rotatable bonds is 8. The van der Waals surface area contributed by atoms with Gasteiger partial charge in [-0.2, -0.15) is 5.10 Å². The molecule has 0 amide bonds. The third kappa shape index (κ3) is 4.99. The zero-order chi connectivity index (χ0) is 15.1. The average molecular weight is 289 g/mol. The molecule has 2 rings (SSSR count). The van der Waals surface area contributed by atoms with Gasteiger partial charge in [-0.05, 0) is 57.6 Å². The molecule has 0 aliphatic heterocycles. The molecule has 21 heavy (non-hydrogen) atoms. The Morgan fingerprint density at radius 1 is 1.29 bits per heavy atom. The molecular formula is C18H31N3. The van der Waals surface area contributed by atoms with Crippen molar-refractivity contribution in [2.75, 3.05) is 6.54 Å². The largest absolute Gasteiger partial charge is 0.313 e. The van der Waals surface area contributed by atoms with Gasteiger partial charge in [0.05, 0.1) is 5.69 Å². The first kappa shape index (κ1) is 16.3. The highest BCUT2D eigenvalue weighted by atomic mass is 15.3. The Labute approximate surface area is 129 Å². The standard InChI is InChI=1S/C18H31N3/c1-4-11-19-17(12-15-9-7-6-8-10-15)14-18-13-16(5-2)20-21(18)3/h9,13,17,19H,4-8,10-12,14H2,1-3H3. The van der Waals surface area contributed by atoms with Crippen LogP contribution in [0.1, 0.15) is 63.8 Å². The number of hydrogen-bond acceptors (Lipinski definition) is 2. The van der Waals surface area contributed by atoms with Gasteiger partial charge in [0.25, 0.3) is 0 Å². The van der Waals surface area contributed by atoms with E-state index in [9.17, 15) is 0 Å². The molecule has 3 nitrogen and oxygen atoms in total. The SMILES string of the molecule is CCCNC(CC1=CCCCC1)Cc1cc(CC)nn1C. The number of allylic oxidation sites excluding steroid dienone is 1. The second-order valence-electron chi connectivity index (χ2n) is 6.27. The van der Waals surface area contributed by atoms with Gasteiger partial charge in [0.2, 0.25) is 0 Å². The summed E-state index contributed by atoms with van der Waals surface area (Å²) in [7, 11) is 2.07. The fourth-order valence-electron chi connectivity index (χ4n) is 3.16. The van der Waals surface area contributed by atoms with Crippen molar-refractivity contribution in [3.63, 3.8) is 0 Å². The van der Waals surface area contributed by atoms with E-state index in [0.717, 1.165) is 19.4 Å². The fraction of sp³-hybridized carbons (Fsp3) is 0.722. The van der Waals surface area contributed by atoms with Crippen molar-refractivity contribution in [2.24, 2.45) is 7.05 Å². The lowest BCUT2D eigenvalue weighted by atomic mass is 9.92. The van der Waals surface area contributed by atoms with E-state index in [1.165, 1.54) is 49.9 Å². The third-order valence-corrected chi connectivity index (χ3v) is 4.42. The zero-order valence-electron chi connectivity index (χ0n) is 14.0. The topological polar surface area (TPSA) is 29.9 Å². The molecule has 0 aromatic carbocycles. The van der Waals surface area contributed by atoms with Crippen molar-refractivity contribution < 1.29 is 0 Å². The second kappa shape index (κ2) is 8.38. The number of aromatic nitrogens is 2. The van der Waals surface area contributed by atoms with E-state index in [4.69, 9.17) is 0 Å². The summed E-state index contributed by atoms with van der Waals surface area (Å²) in [6, 6.07) is 2.82. The number of nitrogens with zero attached hydrogens (tertiary/aromatic N) is 2. The van der Waals surface area contributed by atoms with Crippen molar-refractivity contribution in [3.8, 4) is 0 Å². The van der Waals surface area contributed by atoms with Gasteiger partial charge in [-0.25, -0.2) is 0 Å². The van der Waals surface area contributed by atoms with Crippen LogP contribution in [0.25, 0.3) is 0 Å². The predicted octanol–water partition coefficient (Wildman–Crippen LogP) is 3.78. The van der Waals surface area contributed by atoms with Crippen LogP contribution in [-0.4, -0.2) is 22.4 Å². The van der Waals surface area contributed by atoms with Gasteiger partial charge < -0.3 is 5.32 Å². The molecule has 3 heteroatoms. The highest BCUT2D eigenvalue weighted by Gasteiger charge is 2.15. The summed E-state index contributed by atoms with van der Waals surface area (Å²) in [6.45, 7) is 5.52. The molecule has 1 unspecified atom stereocenters. The molecule has 0 bridgehead atoms. The minimum atomic E-state index is 0.550. The lowest BCUT2D eigenvalue weighted by Crippen LogP contribution is -2.33. The van der Waals surface area contributed by atoms with Crippen LogP contribution in [0.3, 0.4) is 0 Å². The Morgan fingerprint density at radius 3 is 2.76 bits per heavy atom. The van der Waals surface area contributed by atoms with Gasteiger partial charge in [-0.1, -0.05) is 25.5 Å². The molecule has 0 radical (unpaired) electrons. The van der Waals surface area contributed by atoms with Gasteiger partial charge in [0.1, 0.15) is 0 Å². The molecule has 0 fully saturated rings. The Bertz CT molecular complexity index is 459. The first-order chi connectivity index (χ1) is 10.2. The summed E-state index contributed by atoms with van der Waals surface area (Å²) < 4.78 is 2.06. The summed E-state index contributed by atoms with van der Waals surface area (Å²) in [4.78, 5) is 0. The highest BCUT2D eigenvalue weighted by Crippen LogP contribution is 2.22. The Balaban J connectivity index is 2.00. The summed E-state index contributed by atoms with van der Waals surface area (Å²) in [5, 5.41) is 8.32. The minimum absolute atomic E-state index is 0.550.